The Bertz CT molecular complexity index is 1000. The molecule has 0 aliphatic rings. The Kier molecular flexibility index (Phi) is 4.96. The maximum atomic E-state index is 12.2. The van der Waals surface area contributed by atoms with Gasteiger partial charge in [-0.1, -0.05) is 18.2 Å². The van der Waals surface area contributed by atoms with Gasteiger partial charge in [-0.3, -0.25) is 10.2 Å². The molecule has 0 fully saturated rings. The van der Waals surface area contributed by atoms with E-state index < -0.39 is 5.91 Å². The van der Waals surface area contributed by atoms with Crippen molar-refractivity contribution in [1.82, 2.24) is 25.6 Å². The lowest BCUT2D eigenvalue weighted by molar-refractivity contribution is 0.0933. The summed E-state index contributed by atoms with van der Waals surface area (Å²) in [5, 5.41) is 25.6. The van der Waals surface area contributed by atoms with Crippen LogP contribution in [0.25, 0.3) is 11.3 Å². The Morgan fingerprint density at radius 1 is 1.38 bits per heavy atom. The van der Waals surface area contributed by atoms with Gasteiger partial charge in [0.2, 0.25) is 0 Å². The highest BCUT2D eigenvalue weighted by Gasteiger charge is 2.16. The molecule has 3 rings (SSSR count). The molecule has 0 aliphatic carbocycles. The number of nitrogens with zero attached hydrogens (tertiary/aromatic N) is 4. The molecule has 0 bridgehead atoms. The molecule has 0 radical (unpaired) electrons. The molecule has 3 N–H and O–H groups in total. The lowest BCUT2D eigenvalue weighted by Gasteiger charge is -2.03. The number of nitrogens with one attached hydrogen (secondary N) is 2. The molecule has 2 aromatic heterocycles. The lowest BCUT2D eigenvalue weighted by atomic mass is 10.3. The Labute approximate surface area is 153 Å². The number of benzene rings is 1. The second-order valence-corrected chi connectivity index (χ2v) is 6.06. The van der Waals surface area contributed by atoms with Gasteiger partial charge in [-0.05, 0) is 19.1 Å². The van der Waals surface area contributed by atoms with E-state index in [2.05, 4.69) is 20.9 Å². The van der Waals surface area contributed by atoms with Crippen LogP contribution in [-0.2, 0) is 0 Å². The quantitative estimate of drug-likeness (QED) is 0.471. The highest BCUT2D eigenvalue weighted by Crippen LogP contribution is 2.19. The third-order valence-corrected chi connectivity index (χ3v) is 4.30. The number of hydrogen-bond acceptors (Lipinski definition) is 7. The summed E-state index contributed by atoms with van der Waals surface area (Å²) in [6, 6.07) is 11.1. The van der Waals surface area contributed by atoms with Gasteiger partial charge in [0, 0.05) is 17.3 Å². The highest BCUT2D eigenvalue weighted by atomic mass is 32.1. The number of hydrogen-bond donors (Lipinski definition) is 3. The molecule has 0 saturated carbocycles. The van der Waals surface area contributed by atoms with Crippen LogP contribution in [0.3, 0.4) is 0 Å². The fraction of sp³-hybridized carbons (Fsp3) is 0.0588. The summed E-state index contributed by atoms with van der Waals surface area (Å²) >= 11 is 1.33. The van der Waals surface area contributed by atoms with E-state index in [9.17, 15) is 15.2 Å². The highest BCUT2D eigenvalue weighted by molar-refractivity contribution is 7.10. The molecule has 2 heterocycles. The second kappa shape index (κ2) is 7.50. The average Bonchev–Trinajstić information content (AvgIpc) is 3.25. The largest absolute Gasteiger partial charge is 0.504 e. The van der Waals surface area contributed by atoms with Gasteiger partial charge >= 0.3 is 0 Å². The molecule has 0 aliphatic heterocycles. The number of carbonyl (C=O) groups excluding carboxylic acids is 1. The van der Waals surface area contributed by atoms with Gasteiger partial charge < -0.3 is 10.5 Å². The maximum Gasteiger partial charge on any atom is 0.293 e. The van der Waals surface area contributed by atoms with E-state index in [4.69, 9.17) is 0 Å². The molecule has 9 heteroatoms. The van der Waals surface area contributed by atoms with Crippen LogP contribution in [-0.4, -0.2) is 25.8 Å². The van der Waals surface area contributed by atoms with E-state index in [1.54, 1.807) is 12.1 Å². The second-order valence-electron chi connectivity index (χ2n) is 5.21. The first-order valence-corrected chi connectivity index (χ1v) is 8.39. The summed E-state index contributed by atoms with van der Waals surface area (Å²) in [7, 11) is 0. The van der Waals surface area contributed by atoms with Gasteiger partial charge in [0.15, 0.2) is 11.4 Å². The van der Waals surface area contributed by atoms with E-state index >= 15 is 0 Å². The van der Waals surface area contributed by atoms with Crippen molar-refractivity contribution in [1.29, 1.82) is 5.26 Å². The number of para-hydroxylation sites is 1. The van der Waals surface area contributed by atoms with Crippen LogP contribution in [0.2, 0.25) is 0 Å². The van der Waals surface area contributed by atoms with Gasteiger partial charge in [-0.25, -0.2) is 9.67 Å². The summed E-state index contributed by atoms with van der Waals surface area (Å²) in [5.41, 5.74) is 6.57. The minimum absolute atomic E-state index is 0.140. The molecule has 1 amide bonds. The summed E-state index contributed by atoms with van der Waals surface area (Å²) < 4.78 is 1.40. The lowest BCUT2D eigenvalue weighted by Crippen LogP contribution is -2.34. The Balaban J connectivity index is 1.70. The molecule has 0 atom stereocenters. The zero-order valence-electron chi connectivity index (χ0n) is 13.7. The van der Waals surface area contributed by atoms with Crippen molar-refractivity contribution in [3.63, 3.8) is 0 Å². The molecule has 0 saturated heterocycles. The fourth-order valence-corrected chi connectivity index (χ4v) is 2.86. The fourth-order valence-electron chi connectivity index (χ4n) is 2.09. The Morgan fingerprint density at radius 2 is 2.15 bits per heavy atom. The molecule has 8 nitrogen and oxygen atoms in total. The van der Waals surface area contributed by atoms with Crippen LogP contribution in [0.5, 0.6) is 5.75 Å². The van der Waals surface area contributed by atoms with Gasteiger partial charge in [-0.15, -0.1) is 11.3 Å². The Hall–Kier alpha value is -3.64. The minimum atomic E-state index is -0.638. The van der Waals surface area contributed by atoms with Crippen molar-refractivity contribution in [2.45, 2.75) is 6.92 Å². The molecule has 0 unspecified atom stereocenters. The van der Waals surface area contributed by atoms with E-state index in [1.165, 1.54) is 28.4 Å². The van der Waals surface area contributed by atoms with Gasteiger partial charge in [-0.2, -0.15) is 10.4 Å². The standard InChI is InChI=1S/C17H14N6O2S/c1-11-10-26-17(20-11)12(7-18)8-19-21-16(25)15-14(24)9-23(22-15)13-5-3-2-4-6-13/h2-6,8-10,19,24H,1H3,(H,21,25)/b12-8+. The number of allylic oxidation sites excluding steroid dienone is 1. The number of aryl methyl sites for hydroxylation is 1. The first-order valence-electron chi connectivity index (χ1n) is 7.51. The van der Waals surface area contributed by atoms with Gasteiger partial charge in [0.05, 0.1) is 11.9 Å². The molecular formula is C17H14N6O2S. The normalized spacial score (nSPS) is 11.0. The SMILES string of the molecule is Cc1csc(/C(C#N)=C/NNC(=O)c2nn(-c3ccccc3)cc2O)n1. The predicted molar refractivity (Wildman–Crippen MR) is 96.3 cm³/mol. The van der Waals surface area contributed by atoms with Crippen LogP contribution < -0.4 is 10.9 Å². The first-order chi connectivity index (χ1) is 12.6. The van der Waals surface area contributed by atoms with Crippen molar-refractivity contribution >= 4 is 22.8 Å². The number of aromatic hydroxyl groups is 1. The third kappa shape index (κ3) is 3.71. The minimum Gasteiger partial charge on any atom is -0.504 e. The van der Waals surface area contributed by atoms with E-state index in [-0.39, 0.29) is 17.0 Å². The van der Waals surface area contributed by atoms with Crippen LogP contribution in [0, 0.1) is 18.3 Å². The number of rotatable bonds is 5. The maximum absolute atomic E-state index is 12.2. The zero-order valence-corrected chi connectivity index (χ0v) is 14.5. The third-order valence-electron chi connectivity index (χ3n) is 3.30. The monoisotopic (exact) mass is 366 g/mol. The summed E-state index contributed by atoms with van der Waals surface area (Å²) in [5.74, 6) is -0.894. The number of amides is 1. The van der Waals surface area contributed by atoms with Crippen molar-refractivity contribution in [2.75, 3.05) is 0 Å². The summed E-state index contributed by atoms with van der Waals surface area (Å²) in [6.45, 7) is 1.83. The van der Waals surface area contributed by atoms with E-state index in [0.29, 0.717) is 10.7 Å². The van der Waals surface area contributed by atoms with Crippen LogP contribution >= 0.6 is 11.3 Å². The van der Waals surface area contributed by atoms with Crippen molar-refractivity contribution < 1.29 is 9.90 Å². The van der Waals surface area contributed by atoms with E-state index in [0.717, 1.165) is 5.69 Å². The number of thiazole rings is 1. The van der Waals surface area contributed by atoms with Gasteiger partial charge in [0.1, 0.15) is 16.6 Å². The van der Waals surface area contributed by atoms with E-state index in [1.807, 2.05) is 36.6 Å². The zero-order chi connectivity index (χ0) is 18.5. The summed E-state index contributed by atoms with van der Waals surface area (Å²) in [6.07, 6.45) is 2.68. The average molecular weight is 366 g/mol. The molecule has 26 heavy (non-hydrogen) atoms. The smallest absolute Gasteiger partial charge is 0.293 e. The van der Waals surface area contributed by atoms with Crippen molar-refractivity contribution in [3.05, 3.63) is 64.5 Å². The first kappa shape index (κ1) is 17.2. The molecule has 0 spiro atoms. The predicted octanol–water partition coefficient (Wildman–Crippen LogP) is 2.14. The Morgan fingerprint density at radius 3 is 2.81 bits per heavy atom. The topological polar surface area (TPSA) is 116 Å². The number of nitriles is 1. The van der Waals surface area contributed by atoms with Crippen LogP contribution in [0.4, 0.5) is 0 Å². The molecule has 130 valence electrons. The number of carbonyl (C=O) groups is 1. The summed E-state index contributed by atoms with van der Waals surface area (Å²) in [4.78, 5) is 16.4. The van der Waals surface area contributed by atoms with Crippen molar-refractivity contribution in [3.8, 4) is 17.5 Å². The van der Waals surface area contributed by atoms with Crippen LogP contribution in [0.15, 0.2) is 48.1 Å². The van der Waals surface area contributed by atoms with Gasteiger partial charge in [0.25, 0.3) is 5.91 Å². The number of aromatic nitrogens is 3. The molecule has 1 aromatic carbocycles. The molecular weight excluding hydrogens is 352 g/mol. The van der Waals surface area contributed by atoms with Crippen LogP contribution in [0.1, 0.15) is 21.2 Å². The number of hydrazine groups is 1. The molecule has 3 aromatic rings. The van der Waals surface area contributed by atoms with Crippen molar-refractivity contribution in [2.24, 2.45) is 0 Å².